The molecular weight excluding hydrogens is 304 g/mol. The predicted octanol–water partition coefficient (Wildman–Crippen LogP) is 2.43. The van der Waals surface area contributed by atoms with Crippen LogP contribution in [0.25, 0.3) is 0 Å². The Balaban J connectivity index is 2.01. The van der Waals surface area contributed by atoms with Crippen LogP contribution < -0.4 is 5.32 Å². The molecule has 0 unspecified atom stereocenters. The maximum absolute atomic E-state index is 12.1. The molecule has 0 saturated carbocycles. The van der Waals surface area contributed by atoms with Crippen LogP contribution in [-0.4, -0.2) is 46.1 Å². The minimum absolute atomic E-state index is 0.00364. The van der Waals surface area contributed by atoms with Gasteiger partial charge in [0.2, 0.25) is 11.8 Å². The average Bonchev–Trinajstić information content (AvgIpc) is 2.98. The van der Waals surface area contributed by atoms with Gasteiger partial charge in [0.15, 0.2) is 0 Å². The predicted molar refractivity (Wildman–Crippen MR) is 93.9 cm³/mol. The van der Waals surface area contributed by atoms with Crippen molar-refractivity contribution in [1.82, 2.24) is 20.0 Å². The molecule has 1 saturated heterocycles. The Labute approximate surface area is 144 Å². The highest BCUT2D eigenvalue weighted by Gasteiger charge is 2.26. The fraction of sp³-hybridized carbons (Fsp3) is 0.722. The van der Waals surface area contributed by atoms with E-state index in [2.05, 4.69) is 43.8 Å². The van der Waals surface area contributed by atoms with Crippen molar-refractivity contribution in [2.45, 2.75) is 65.3 Å². The van der Waals surface area contributed by atoms with Gasteiger partial charge in [-0.05, 0) is 30.7 Å². The maximum Gasteiger partial charge on any atom is 0.241 e. The van der Waals surface area contributed by atoms with Crippen LogP contribution in [0, 0.1) is 0 Å². The van der Waals surface area contributed by atoms with Crippen LogP contribution in [0.3, 0.4) is 0 Å². The Bertz CT molecular complexity index is 584. The summed E-state index contributed by atoms with van der Waals surface area (Å²) in [6, 6.07) is 2.57. The molecule has 6 heteroatoms. The average molecular weight is 334 g/mol. The molecule has 0 bridgehead atoms. The zero-order chi connectivity index (χ0) is 17.9. The van der Waals surface area contributed by atoms with Gasteiger partial charge in [-0.2, -0.15) is 5.10 Å². The lowest BCUT2D eigenvalue weighted by atomic mass is 10.0. The molecule has 1 aliphatic heterocycles. The lowest BCUT2D eigenvalue weighted by Gasteiger charge is -2.33. The number of nitrogens with zero attached hydrogens (tertiary/aromatic N) is 3. The second-order valence-electron chi connectivity index (χ2n) is 7.27. The van der Waals surface area contributed by atoms with Gasteiger partial charge < -0.3 is 10.2 Å². The van der Waals surface area contributed by atoms with E-state index in [1.54, 1.807) is 0 Å². The number of piperidine rings is 1. The summed E-state index contributed by atoms with van der Waals surface area (Å²) in [7, 11) is 0. The van der Waals surface area contributed by atoms with Crippen LogP contribution >= 0.6 is 0 Å². The molecule has 2 amide bonds. The first kappa shape index (κ1) is 18.5. The van der Waals surface area contributed by atoms with Crippen LogP contribution in [0.1, 0.15) is 76.7 Å². The largest absolute Gasteiger partial charge is 0.347 e. The first-order valence-electron chi connectivity index (χ1n) is 8.91. The van der Waals surface area contributed by atoms with E-state index in [1.165, 1.54) is 12.6 Å². The maximum atomic E-state index is 12.1. The first-order chi connectivity index (χ1) is 11.3. The third-order valence-electron chi connectivity index (χ3n) is 4.62. The topological polar surface area (TPSA) is 67.2 Å². The molecule has 1 aliphatic rings. The van der Waals surface area contributed by atoms with E-state index in [1.807, 2.05) is 4.90 Å². The van der Waals surface area contributed by atoms with E-state index in [9.17, 15) is 9.59 Å². The number of nitrogens with one attached hydrogen (secondary N) is 1. The van der Waals surface area contributed by atoms with E-state index in [0.29, 0.717) is 17.9 Å². The van der Waals surface area contributed by atoms with E-state index in [4.69, 9.17) is 5.10 Å². The van der Waals surface area contributed by atoms with E-state index >= 15 is 0 Å². The summed E-state index contributed by atoms with van der Waals surface area (Å²) in [5, 5.41) is 7.42. The Morgan fingerprint density at radius 2 is 1.83 bits per heavy atom. The van der Waals surface area contributed by atoms with Crippen LogP contribution in [0.5, 0.6) is 0 Å². The molecular formula is C18H30N4O2. The lowest BCUT2D eigenvalue weighted by molar-refractivity contribution is -0.133. The van der Waals surface area contributed by atoms with Crippen LogP contribution in [0.2, 0.25) is 0 Å². The van der Waals surface area contributed by atoms with E-state index in [-0.39, 0.29) is 18.4 Å². The molecule has 6 nitrogen and oxygen atoms in total. The van der Waals surface area contributed by atoms with E-state index in [0.717, 1.165) is 31.6 Å². The van der Waals surface area contributed by atoms with Gasteiger partial charge in [0.1, 0.15) is 0 Å². The Morgan fingerprint density at radius 1 is 1.21 bits per heavy atom. The van der Waals surface area contributed by atoms with Crippen molar-refractivity contribution in [2.75, 3.05) is 19.6 Å². The van der Waals surface area contributed by atoms with Crippen molar-refractivity contribution in [3.05, 3.63) is 17.5 Å². The fourth-order valence-electron chi connectivity index (χ4n) is 3.11. The van der Waals surface area contributed by atoms with Crippen molar-refractivity contribution >= 4 is 11.8 Å². The summed E-state index contributed by atoms with van der Waals surface area (Å²) in [5.41, 5.74) is 2.42. The highest BCUT2D eigenvalue weighted by atomic mass is 16.2. The highest BCUT2D eigenvalue weighted by molar-refractivity contribution is 5.83. The summed E-state index contributed by atoms with van der Waals surface area (Å²) >= 11 is 0. The van der Waals surface area contributed by atoms with Crippen molar-refractivity contribution in [2.24, 2.45) is 0 Å². The van der Waals surface area contributed by atoms with Gasteiger partial charge in [-0.3, -0.25) is 14.3 Å². The Kier molecular flexibility index (Phi) is 6.02. The summed E-state index contributed by atoms with van der Waals surface area (Å²) in [6.07, 6.45) is 1.81. The molecule has 0 atom stereocenters. The normalized spacial score (nSPS) is 16.0. The summed E-state index contributed by atoms with van der Waals surface area (Å²) in [5.74, 6) is 0.682. The zero-order valence-corrected chi connectivity index (χ0v) is 15.5. The van der Waals surface area contributed by atoms with Crippen molar-refractivity contribution in [3.8, 4) is 0 Å². The lowest BCUT2D eigenvalue weighted by Crippen LogP contribution is -2.44. The third kappa shape index (κ3) is 4.36. The van der Waals surface area contributed by atoms with Crippen LogP contribution in [0.4, 0.5) is 0 Å². The molecule has 24 heavy (non-hydrogen) atoms. The molecule has 0 radical (unpaired) electrons. The molecule has 1 aromatic heterocycles. The number of carbonyl (C=O) groups excluding carboxylic acids is 2. The van der Waals surface area contributed by atoms with Gasteiger partial charge in [-0.1, -0.05) is 27.7 Å². The van der Waals surface area contributed by atoms with Gasteiger partial charge in [0.05, 0.1) is 18.3 Å². The van der Waals surface area contributed by atoms with Gasteiger partial charge in [0, 0.05) is 25.7 Å². The van der Waals surface area contributed by atoms with Gasteiger partial charge in [-0.15, -0.1) is 0 Å². The molecule has 0 aliphatic carbocycles. The smallest absolute Gasteiger partial charge is 0.241 e. The first-order valence-corrected chi connectivity index (χ1v) is 8.91. The monoisotopic (exact) mass is 334 g/mol. The van der Waals surface area contributed by atoms with Crippen molar-refractivity contribution in [1.29, 1.82) is 0 Å². The zero-order valence-electron chi connectivity index (χ0n) is 15.5. The van der Waals surface area contributed by atoms with Gasteiger partial charge in [0.25, 0.3) is 0 Å². The van der Waals surface area contributed by atoms with Gasteiger partial charge in [-0.25, -0.2) is 0 Å². The molecule has 2 heterocycles. The standard InChI is InChI=1S/C18H30N4O2/c1-12(2)16-10-17(13(3)4)22(20-16)15-6-8-21(9-7-15)18(24)11-19-14(5)23/h10,12-13,15H,6-9,11H2,1-5H3,(H,19,23). The van der Waals surface area contributed by atoms with Crippen molar-refractivity contribution < 1.29 is 9.59 Å². The van der Waals surface area contributed by atoms with Gasteiger partial charge >= 0.3 is 0 Å². The number of hydrogen-bond donors (Lipinski definition) is 1. The summed E-state index contributed by atoms with van der Waals surface area (Å²) in [4.78, 5) is 24.9. The second-order valence-corrected chi connectivity index (χ2v) is 7.27. The highest BCUT2D eigenvalue weighted by Crippen LogP contribution is 2.29. The molecule has 1 fully saturated rings. The number of hydrogen-bond acceptors (Lipinski definition) is 3. The second kappa shape index (κ2) is 7.81. The van der Waals surface area contributed by atoms with Crippen molar-refractivity contribution in [3.63, 3.8) is 0 Å². The number of aromatic nitrogens is 2. The number of amides is 2. The fourth-order valence-corrected chi connectivity index (χ4v) is 3.11. The van der Waals surface area contributed by atoms with Crippen LogP contribution in [0.15, 0.2) is 6.07 Å². The molecule has 2 rings (SSSR count). The Morgan fingerprint density at radius 3 is 2.33 bits per heavy atom. The number of likely N-dealkylation sites (tertiary alicyclic amines) is 1. The quantitative estimate of drug-likeness (QED) is 0.899. The van der Waals surface area contributed by atoms with E-state index < -0.39 is 0 Å². The SMILES string of the molecule is CC(=O)NCC(=O)N1CCC(n2nc(C(C)C)cc2C(C)C)CC1. The van der Waals surface area contributed by atoms with Crippen LogP contribution in [-0.2, 0) is 9.59 Å². The Hall–Kier alpha value is -1.85. The number of carbonyl (C=O) groups is 2. The number of rotatable bonds is 5. The molecule has 0 spiro atoms. The molecule has 1 aromatic rings. The third-order valence-corrected chi connectivity index (χ3v) is 4.62. The minimum Gasteiger partial charge on any atom is -0.347 e. The summed E-state index contributed by atoms with van der Waals surface area (Å²) in [6.45, 7) is 11.7. The molecule has 1 N–H and O–H groups in total. The summed E-state index contributed by atoms with van der Waals surface area (Å²) < 4.78 is 2.19. The molecule has 134 valence electrons. The minimum atomic E-state index is -0.169. The molecule has 0 aromatic carbocycles.